The summed E-state index contributed by atoms with van der Waals surface area (Å²) in [6.45, 7) is 11.2. The fraction of sp³-hybridized carbons (Fsp3) is 0.647. The van der Waals surface area contributed by atoms with Crippen LogP contribution < -0.4 is 10.2 Å². The molecule has 0 aromatic heterocycles. The van der Waals surface area contributed by atoms with E-state index in [1.165, 1.54) is 55.8 Å². The van der Waals surface area contributed by atoms with Crippen LogP contribution in [0.5, 0.6) is 0 Å². The molecule has 0 bridgehead atoms. The first-order valence-corrected chi connectivity index (χ1v) is 8.07. The Morgan fingerprint density at radius 2 is 1.90 bits per heavy atom. The van der Waals surface area contributed by atoms with Crippen molar-refractivity contribution in [3.05, 3.63) is 29.3 Å². The largest absolute Gasteiger partial charge is 0.369 e. The Morgan fingerprint density at radius 1 is 1.15 bits per heavy atom. The first kappa shape index (κ1) is 13.9. The van der Waals surface area contributed by atoms with Crippen LogP contribution in [0.15, 0.2) is 18.2 Å². The summed E-state index contributed by atoms with van der Waals surface area (Å²) in [5.74, 6) is 0. The molecule has 1 saturated carbocycles. The second-order valence-corrected chi connectivity index (χ2v) is 6.15. The van der Waals surface area contributed by atoms with Crippen LogP contribution in [0.25, 0.3) is 0 Å². The SMILES string of the molecule is CCNCc1ccc(N2CCN(C3CC3)CC2)cc1C. The van der Waals surface area contributed by atoms with Gasteiger partial charge in [-0.05, 0) is 49.6 Å². The lowest BCUT2D eigenvalue weighted by atomic mass is 10.1. The predicted octanol–water partition coefficient (Wildman–Crippen LogP) is 2.39. The van der Waals surface area contributed by atoms with Crippen molar-refractivity contribution in [2.45, 2.75) is 39.3 Å². The molecule has 1 aliphatic carbocycles. The van der Waals surface area contributed by atoms with Gasteiger partial charge in [0.05, 0.1) is 0 Å². The number of hydrogen-bond donors (Lipinski definition) is 1. The Labute approximate surface area is 123 Å². The molecule has 2 aliphatic rings. The molecule has 110 valence electrons. The second-order valence-electron chi connectivity index (χ2n) is 6.15. The van der Waals surface area contributed by atoms with Crippen LogP contribution >= 0.6 is 0 Å². The maximum atomic E-state index is 3.41. The molecular weight excluding hydrogens is 246 g/mol. The topological polar surface area (TPSA) is 18.5 Å². The van der Waals surface area contributed by atoms with Gasteiger partial charge >= 0.3 is 0 Å². The van der Waals surface area contributed by atoms with E-state index in [2.05, 4.69) is 47.2 Å². The summed E-state index contributed by atoms with van der Waals surface area (Å²) < 4.78 is 0. The highest BCUT2D eigenvalue weighted by Gasteiger charge is 2.31. The predicted molar refractivity (Wildman–Crippen MR) is 85.4 cm³/mol. The van der Waals surface area contributed by atoms with Gasteiger partial charge in [0.2, 0.25) is 0 Å². The summed E-state index contributed by atoms with van der Waals surface area (Å²) in [7, 11) is 0. The summed E-state index contributed by atoms with van der Waals surface area (Å²) in [5.41, 5.74) is 4.23. The Hall–Kier alpha value is -1.06. The van der Waals surface area contributed by atoms with Crippen molar-refractivity contribution >= 4 is 5.69 Å². The first-order chi connectivity index (χ1) is 9.78. The molecule has 1 heterocycles. The van der Waals surface area contributed by atoms with Crippen LogP contribution in [0.4, 0.5) is 5.69 Å². The number of aryl methyl sites for hydroxylation is 1. The number of hydrogen-bond acceptors (Lipinski definition) is 3. The van der Waals surface area contributed by atoms with Crippen molar-refractivity contribution < 1.29 is 0 Å². The molecule has 0 unspecified atom stereocenters. The van der Waals surface area contributed by atoms with Crippen LogP contribution in [0.3, 0.4) is 0 Å². The van der Waals surface area contributed by atoms with Crippen LogP contribution in [0.2, 0.25) is 0 Å². The summed E-state index contributed by atoms with van der Waals surface area (Å²) in [4.78, 5) is 5.21. The fourth-order valence-corrected chi connectivity index (χ4v) is 3.12. The van der Waals surface area contributed by atoms with E-state index in [0.29, 0.717) is 0 Å². The normalized spacial score (nSPS) is 20.4. The van der Waals surface area contributed by atoms with E-state index >= 15 is 0 Å². The molecule has 0 radical (unpaired) electrons. The first-order valence-electron chi connectivity index (χ1n) is 8.07. The van der Waals surface area contributed by atoms with Gasteiger partial charge in [0, 0.05) is 44.5 Å². The standard InChI is InChI=1S/C17H27N3/c1-3-18-13-15-4-5-17(12-14(15)2)20-10-8-19(9-11-20)16-6-7-16/h4-5,12,16,18H,3,6-11,13H2,1-2H3. The highest BCUT2D eigenvalue weighted by Crippen LogP contribution is 2.28. The molecular formula is C17H27N3. The zero-order valence-corrected chi connectivity index (χ0v) is 12.9. The molecule has 3 heteroatoms. The molecule has 1 N–H and O–H groups in total. The monoisotopic (exact) mass is 273 g/mol. The van der Waals surface area contributed by atoms with Crippen LogP contribution in [0, 0.1) is 6.92 Å². The van der Waals surface area contributed by atoms with Gasteiger partial charge in [-0.25, -0.2) is 0 Å². The number of piperazine rings is 1. The maximum absolute atomic E-state index is 3.41. The molecule has 1 saturated heterocycles. The van der Waals surface area contributed by atoms with E-state index < -0.39 is 0 Å². The third-order valence-corrected chi connectivity index (χ3v) is 4.63. The van der Waals surface area contributed by atoms with Crippen molar-refractivity contribution in [1.29, 1.82) is 0 Å². The molecule has 3 rings (SSSR count). The zero-order chi connectivity index (χ0) is 13.9. The van der Waals surface area contributed by atoms with E-state index in [4.69, 9.17) is 0 Å². The van der Waals surface area contributed by atoms with Crippen LogP contribution in [0.1, 0.15) is 30.9 Å². The van der Waals surface area contributed by atoms with Gasteiger partial charge in [-0.2, -0.15) is 0 Å². The fourth-order valence-electron chi connectivity index (χ4n) is 3.12. The number of nitrogens with one attached hydrogen (secondary N) is 1. The lowest BCUT2D eigenvalue weighted by Gasteiger charge is -2.36. The summed E-state index contributed by atoms with van der Waals surface area (Å²) in [5, 5.41) is 3.41. The van der Waals surface area contributed by atoms with Crippen molar-refractivity contribution in [1.82, 2.24) is 10.2 Å². The summed E-state index contributed by atoms with van der Waals surface area (Å²) >= 11 is 0. The molecule has 0 atom stereocenters. The molecule has 2 fully saturated rings. The van der Waals surface area contributed by atoms with Gasteiger partial charge in [0.25, 0.3) is 0 Å². The minimum atomic E-state index is 0.918. The van der Waals surface area contributed by atoms with E-state index in [1.807, 2.05) is 0 Å². The Morgan fingerprint density at radius 3 is 2.50 bits per heavy atom. The van der Waals surface area contributed by atoms with Gasteiger partial charge in [-0.3, -0.25) is 4.90 Å². The van der Waals surface area contributed by atoms with Gasteiger partial charge < -0.3 is 10.2 Å². The van der Waals surface area contributed by atoms with Crippen molar-refractivity contribution in [3.63, 3.8) is 0 Å². The average Bonchev–Trinajstić information content (AvgIpc) is 3.31. The minimum Gasteiger partial charge on any atom is -0.369 e. The quantitative estimate of drug-likeness (QED) is 0.888. The van der Waals surface area contributed by atoms with E-state index in [-0.39, 0.29) is 0 Å². The third-order valence-electron chi connectivity index (χ3n) is 4.63. The van der Waals surface area contributed by atoms with Gasteiger partial charge in [-0.1, -0.05) is 13.0 Å². The average molecular weight is 273 g/mol. The lowest BCUT2D eigenvalue weighted by Crippen LogP contribution is -2.47. The van der Waals surface area contributed by atoms with E-state index in [0.717, 1.165) is 19.1 Å². The smallest absolute Gasteiger partial charge is 0.0369 e. The number of anilines is 1. The molecule has 20 heavy (non-hydrogen) atoms. The Bertz CT molecular complexity index is 446. The Balaban J connectivity index is 1.61. The van der Waals surface area contributed by atoms with Crippen molar-refractivity contribution in [2.24, 2.45) is 0 Å². The number of benzene rings is 1. The van der Waals surface area contributed by atoms with Crippen LogP contribution in [-0.4, -0.2) is 43.7 Å². The Kier molecular flexibility index (Phi) is 4.27. The molecule has 0 spiro atoms. The molecule has 1 aromatic carbocycles. The van der Waals surface area contributed by atoms with E-state index in [1.54, 1.807) is 0 Å². The van der Waals surface area contributed by atoms with Gasteiger partial charge in [0.1, 0.15) is 0 Å². The highest BCUT2D eigenvalue weighted by molar-refractivity contribution is 5.51. The summed E-state index contributed by atoms with van der Waals surface area (Å²) in [6, 6.07) is 7.87. The second kappa shape index (κ2) is 6.15. The van der Waals surface area contributed by atoms with Crippen LogP contribution in [-0.2, 0) is 6.54 Å². The number of rotatable bonds is 5. The molecule has 0 amide bonds. The third kappa shape index (κ3) is 3.15. The highest BCUT2D eigenvalue weighted by atomic mass is 15.3. The lowest BCUT2D eigenvalue weighted by molar-refractivity contribution is 0.248. The summed E-state index contributed by atoms with van der Waals surface area (Å²) in [6.07, 6.45) is 2.86. The van der Waals surface area contributed by atoms with E-state index in [9.17, 15) is 0 Å². The number of nitrogens with zero attached hydrogens (tertiary/aromatic N) is 2. The van der Waals surface area contributed by atoms with Gasteiger partial charge in [0.15, 0.2) is 0 Å². The minimum absolute atomic E-state index is 0.918. The van der Waals surface area contributed by atoms with Gasteiger partial charge in [-0.15, -0.1) is 0 Å². The van der Waals surface area contributed by atoms with Crippen molar-refractivity contribution in [3.8, 4) is 0 Å². The maximum Gasteiger partial charge on any atom is 0.0369 e. The zero-order valence-electron chi connectivity index (χ0n) is 12.9. The molecule has 1 aromatic rings. The molecule has 1 aliphatic heterocycles. The molecule has 3 nitrogen and oxygen atoms in total. The van der Waals surface area contributed by atoms with Crippen molar-refractivity contribution in [2.75, 3.05) is 37.6 Å².